The Morgan fingerprint density at radius 1 is 1.50 bits per heavy atom. The second-order valence-electron chi connectivity index (χ2n) is 3.16. The lowest BCUT2D eigenvalue weighted by molar-refractivity contribution is 0.1000. The highest BCUT2D eigenvalue weighted by Gasteiger charge is 2.00. The number of primary amides is 1. The van der Waals surface area contributed by atoms with E-state index in [4.69, 9.17) is 10.5 Å². The third-order valence-corrected chi connectivity index (χ3v) is 2.03. The molecule has 1 aromatic carbocycles. The predicted molar refractivity (Wildman–Crippen MR) is 55.2 cm³/mol. The molecule has 3 heteroatoms. The largest absolute Gasteiger partial charge is 0.385 e. The fraction of sp³-hybridized carbons (Fsp3) is 0.364. The molecule has 0 aromatic heterocycles. The molecule has 0 aliphatic heterocycles. The van der Waals surface area contributed by atoms with Gasteiger partial charge in [0.2, 0.25) is 5.91 Å². The highest BCUT2D eigenvalue weighted by Crippen LogP contribution is 2.07. The number of hydrogen-bond donors (Lipinski definition) is 1. The van der Waals surface area contributed by atoms with Crippen LogP contribution in [0.1, 0.15) is 22.3 Å². The molecule has 0 spiro atoms. The Labute approximate surface area is 83.9 Å². The van der Waals surface area contributed by atoms with Crippen LogP contribution in [-0.2, 0) is 11.2 Å². The number of ether oxygens (including phenoxy) is 1. The molecular formula is C11H15NO2. The molecule has 0 saturated heterocycles. The summed E-state index contributed by atoms with van der Waals surface area (Å²) in [4.78, 5) is 10.9. The summed E-state index contributed by atoms with van der Waals surface area (Å²) < 4.78 is 4.95. The molecule has 0 aliphatic carbocycles. The topological polar surface area (TPSA) is 52.3 Å². The first-order chi connectivity index (χ1) is 6.74. The standard InChI is InChI=1S/C11H15NO2/c1-14-7-3-5-9-4-2-6-10(8-9)11(12)13/h2,4,6,8H,3,5,7H2,1H3,(H2,12,13). The molecule has 1 amide bonds. The van der Waals surface area contributed by atoms with Crippen molar-refractivity contribution in [2.24, 2.45) is 5.73 Å². The van der Waals surface area contributed by atoms with Gasteiger partial charge in [0.15, 0.2) is 0 Å². The summed E-state index contributed by atoms with van der Waals surface area (Å²) in [5.74, 6) is -0.376. The number of aryl methyl sites for hydroxylation is 1. The van der Waals surface area contributed by atoms with Gasteiger partial charge in [0, 0.05) is 19.3 Å². The Kier molecular flexibility index (Phi) is 4.13. The van der Waals surface area contributed by atoms with Gasteiger partial charge in [-0.25, -0.2) is 0 Å². The minimum absolute atomic E-state index is 0.376. The molecule has 1 rings (SSSR count). The van der Waals surface area contributed by atoms with Crippen LogP contribution in [0.25, 0.3) is 0 Å². The van der Waals surface area contributed by atoms with Gasteiger partial charge < -0.3 is 10.5 Å². The van der Waals surface area contributed by atoms with Crippen LogP contribution < -0.4 is 5.73 Å². The normalized spacial score (nSPS) is 10.1. The fourth-order valence-corrected chi connectivity index (χ4v) is 1.30. The lowest BCUT2D eigenvalue weighted by Gasteiger charge is -2.02. The molecule has 0 fully saturated rings. The molecule has 0 bridgehead atoms. The fourth-order valence-electron chi connectivity index (χ4n) is 1.30. The maximum Gasteiger partial charge on any atom is 0.248 e. The highest BCUT2D eigenvalue weighted by atomic mass is 16.5. The second-order valence-corrected chi connectivity index (χ2v) is 3.16. The van der Waals surface area contributed by atoms with Gasteiger partial charge in [0.1, 0.15) is 0 Å². The van der Waals surface area contributed by atoms with E-state index in [9.17, 15) is 4.79 Å². The van der Waals surface area contributed by atoms with Crippen molar-refractivity contribution in [3.05, 3.63) is 35.4 Å². The van der Waals surface area contributed by atoms with Crippen LogP contribution in [0.5, 0.6) is 0 Å². The maximum atomic E-state index is 10.9. The number of amides is 1. The molecule has 2 N–H and O–H groups in total. The molecule has 76 valence electrons. The van der Waals surface area contributed by atoms with Gasteiger partial charge in [-0.3, -0.25) is 4.79 Å². The number of benzene rings is 1. The number of nitrogens with two attached hydrogens (primary N) is 1. The van der Waals surface area contributed by atoms with Gasteiger partial charge in [0.25, 0.3) is 0 Å². The molecule has 0 atom stereocenters. The first-order valence-electron chi connectivity index (χ1n) is 4.61. The SMILES string of the molecule is COCCCc1cccc(C(N)=O)c1. The third kappa shape index (κ3) is 3.18. The van der Waals surface area contributed by atoms with Crippen LogP contribution in [0.4, 0.5) is 0 Å². The monoisotopic (exact) mass is 193 g/mol. The third-order valence-electron chi connectivity index (χ3n) is 2.03. The lowest BCUT2D eigenvalue weighted by Crippen LogP contribution is -2.11. The zero-order chi connectivity index (χ0) is 10.4. The quantitative estimate of drug-likeness (QED) is 0.718. The van der Waals surface area contributed by atoms with Crippen LogP contribution in [0.2, 0.25) is 0 Å². The van der Waals surface area contributed by atoms with Gasteiger partial charge in [-0.15, -0.1) is 0 Å². The van der Waals surface area contributed by atoms with Crippen molar-refractivity contribution in [2.75, 3.05) is 13.7 Å². The Bertz CT molecular complexity index is 310. The summed E-state index contributed by atoms with van der Waals surface area (Å²) in [7, 11) is 1.68. The molecule has 3 nitrogen and oxygen atoms in total. The number of rotatable bonds is 5. The van der Waals surface area contributed by atoms with Gasteiger partial charge in [-0.1, -0.05) is 12.1 Å². The van der Waals surface area contributed by atoms with Crippen molar-refractivity contribution < 1.29 is 9.53 Å². The molecule has 0 heterocycles. The van der Waals surface area contributed by atoms with Crippen LogP contribution in [0.15, 0.2) is 24.3 Å². The van der Waals surface area contributed by atoms with Crippen molar-refractivity contribution in [1.29, 1.82) is 0 Å². The van der Waals surface area contributed by atoms with E-state index < -0.39 is 0 Å². The molecule has 1 aromatic rings. The Hall–Kier alpha value is -1.35. The molecule has 0 radical (unpaired) electrons. The van der Waals surface area contributed by atoms with Gasteiger partial charge in [-0.05, 0) is 30.5 Å². The van der Waals surface area contributed by atoms with Crippen molar-refractivity contribution in [1.82, 2.24) is 0 Å². The number of carbonyl (C=O) groups is 1. The average Bonchev–Trinajstić information content (AvgIpc) is 2.19. The molecule has 14 heavy (non-hydrogen) atoms. The van der Waals surface area contributed by atoms with Crippen LogP contribution in [0, 0.1) is 0 Å². The molecule has 0 aliphatic rings. The zero-order valence-corrected chi connectivity index (χ0v) is 8.32. The van der Waals surface area contributed by atoms with E-state index in [1.54, 1.807) is 13.2 Å². The number of carbonyl (C=O) groups excluding carboxylic acids is 1. The Morgan fingerprint density at radius 2 is 2.29 bits per heavy atom. The van der Waals surface area contributed by atoms with E-state index in [1.165, 1.54) is 0 Å². The lowest BCUT2D eigenvalue weighted by atomic mass is 10.1. The zero-order valence-electron chi connectivity index (χ0n) is 8.32. The summed E-state index contributed by atoms with van der Waals surface area (Å²) in [6, 6.07) is 7.39. The van der Waals surface area contributed by atoms with Gasteiger partial charge in [0.05, 0.1) is 0 Å². The first-order valence-corrected chi connectivity index (χ1v) is 4.61. The van der Waals surface area contributed by atoms with E-state index in [0.29, 0.717) is 5.56 Å². The number of methoxy groups -OCH3 is 1. The predicted octanol–water partition coefficient (Wildman–Crippen LogP) is 1.36. The highest BCUT2D eigenvalue weighted by molar-refractivity contribution is 5.92. The summed E-state index contributed by atoms with van der Waals surface area (Å²) in [5, 5.41) is 0. The summed E-state index contributed by atoms with van der Waals surface area (Å²) in [5.41, 5.74) is 6.87. The molecular weight excluding hydrogens is 178 g/mol. The summed E-state index contributed by atoms with van der Waals surface area (Å²) >= 11 is 0. The van der Waals surface area contributed by atoms with Crippen LogP contribution in [0.3, 0.4) is 0 Å². The van der Waals surface area contributed by atoms with Gasteiger partial charge >= 0.3 is 0 Å². The number of hydrogen-bond acceptors (Lipinski definition) is 2. The van der Waals surface area contributed by atoms with E-state index >= 15 is 0 Å². The summed E-state index contributed by atoms with van der Waals surface area (Å²) in [6.45, 7) is 0.737. The first kappa shape index (κ1) is 10.7. The van der Waals surface area contributed by atoms with E-state index in [0.717, 1.165) is 25.0 Å². The van der Waals surface area contributed by atoms with Crippen molar-refractivity contribution >= 4 is 5.91 Å². The molecule has 0 unspecified atom stereocenters. The Morgan fingerprint density at radius 3 is 2.93 bits per heavy atom. The van der Waals surface area contributed by atoms with E-state index in [1.807, 2.05) is 18.2 Å². The van der Waals surface area contributed by atoms with Crippen LogP contribution in [-0.4, -0.2) is 19.6 Å². The minimum atomic E-state index is -0.376. The Balaban J connectivity index is 2.59. The van der Waals surface area contributed by atoms with Crippen molar-refractivity contribution in [3.8, 4) is 0 Å². The van der Waals surface area contributed by atoms with Crippen molar-refractivity contribution in [3.63, 3.8) is 0 Å². The summed E-state index contributed by atoms with van der Waals surface area (Å²) in [6.07, 6.45) is 1.87. The smallest absolute Gasteiger partial charge is 0.248 e. The van der Waals surface area contributed by atoms with Crippen LogP contribution >= 0.6 is 0 Å². The van der Waals surface area contributed by atoms with Gasteiger partial charge in [-0.2, -0.15) is 0 Å². The minimum Gasteiger partial charge on any atom is -0.385 e. The molecule has 0 saturated carbocycles. The van der Waals surface area contributed by atoms with E-state index in [2.05, 4.69) is 0 Å². The van der Waals surface area contributed by atoms with E-state index in [-0.39, 0.29) is 5.91 Å². The second kappa shape index (κ2) is 5.40. The maximum absolute atomic E-state index is 10.9. The average molecular weight is 193 g/mol. The van der Waals surface area contributed by atoms with Crippen molar-refractivity contribution in [2.45, 2.75) is 12.8 Å².